The van der Waals surface area contributed by atoms with Crippen molar-refractivity contribution in [1.82, 2.24) is 15.1 Å². The van der Waals surface area contributed by atoms with Crippen LogP contribution in [0.3, 0.4) is 0 Å². The van der Waals surface area contributed by atoms with Gasteiger partial charge in [-0.3, -0.25) is 4.79 Å². The number of carbonyl (C=O) groups excluding carboxylic acids is 1. The highest BCUT2D eigenvalue weighted by atomic mass is 19.1. The standard InChI is InChI=1S/C14H9FN4O3/c15-10-3-1-2-4-11(10)21-14-16-7-9(8-17-14)19-13(20)12-5-6-18-22-12/h1-8H,(H,19,20). The lowest BCUT2D eigenvalue weighted by atomic mass is 10.3. The van der Waals surface area contributed by atoms with Gasteiger partial charge < -0.3 is 14.6 Å². The Hall–Kier alpha value is -3.29. The minimum absolute atomic E-state index is 0.0148. The number of halogens is 1. The van der Waals surface area contributed by atoms with Crippen molar-refractivity contribution in [3.05, 3.63) is 60.5 Å². The van der Waals surface area contributed by atoms with Crippen LogP contribution in [0.15, 0.2) is 53.4 Å². The van der Waals surface area contributed by atoms with E-state index < -0.39 is 11.7 Å². The Labute approximate surface area is 123 Å². The summed E-state index contributed by atoms with van der Waals surface area (Å²) in [6.07, 6.45) is 4.02. The molecule has 3 aromatic rings. The van der Waals surface area contributed by atoms with E-state index in [0.29, 0.717) is 5.69 Å². The molecule has 0 aliphatic rings. The Morgan fingerprint density at radius 1 is 1.18 bits per heavy atom. The van der Waals surface area contributed by atoms with Gasteiger partial charge in [-0.15, -0.1) is 0 Å². The number of anilines is 1. The Morgan fingerprint density at radius 2 is 1.95 bits per heavy atom. The summed E-state index contributed by atoms with van der Waals surface area (Å²) in [5.74, 6) is -0.926. The third-order valence-electron chi connectivity index (χ3n) is 2.59. The van der Waals surface area contributed by atoms with E-state index >= 15 is 0 Å². The molecule has 1 N–H and O–H groups in total. The lowest BCUT2D eigenvalue weighted by Gasteiger charge is -2.05. The first-order valence-corrected chi connectivity index (χ1v) is 6.19. The van der Waals surface area contributed by atoms with Gasteiger partial charge in [-0.25, -0.2) is 14.4 Å². The molecule has 0 unspecified atom stereocenters. The zero-order valence-corrected chi connectivity index (χ0v) is 11.1. The molecule has 2 aromatic heterocycles. The van der Waals surface area contributed by atoms with E-state index in [1.807, 2.05) is 0 Å². The molecule has 8 heteroatoms. The van der Waals surface area contributed by atoms with Crippen molar-refractivity contribution in [2.24, 2.45) is 0 Å². The summed E-state index contributed by atoms with van der Waals surface area (Å²) < 4.78 is 23.3. The summed E-state index contributed by atoms with van der Waals surface area (Å²) >= 11 is 0. The Morgan fingerprint density at radius 3 is 2.64 bits per heavy atom. The van der Waals surface area contributed by atoms with Crippen molar-refractivity contribution < 1.29 is 18.4 Å². The minimum Gasteiger partial charge on any atom is -0.421 e. The summed E-state index contributed by atoms with van der Waals surface area (Å²) in [6.45, 7) is 0. The van der Waals surface area contributed by atoms with Crippen molar-refractivity contribution in [2.45, 2.75) is 0 Å². The number of ether oxygens (including phenoxy) is 1. The van der Waals surface area contributed by atoms with Crippen molar-refractivity contribution >= 4 is 11.6 Å². The molecule has 0 saturated heterocycles. The van der Waals surface area contributed by atoms with Crippen LogP contribution in [0.5, 0.6) is 11.8 Å². The fourth-order valence-corrected chi connectivity index (χ4v) is 1.58. The fourth-order valence-electron chi connectivity index (χ4n) is 1.58. The molecule has 0 bridgehead atoms. The largest absolute Gasteiger partial charge is 0.421 e. The van der Waals surface area contributed by atoms with Crippen molar-refractivity contribution in [2.75, 3.05) is 5.32 Å². The average molecular weight is 300 g/mol. The molecule has 0 aliphatic heterocycles. The zero-order chi connectivity index (χ0) is 15.4. The first-order valence-electron chi connectivity index (χ1n) is 6.19. The molecule has 7 nitrogen and oxygen atoms in total. The SMILES string of the molecule is O=C(Nc1cnc(Oc2ccccc2F)nc1)c1ccno1. The molecule has 110 valence electrons. The maximum Gasteiger partial charge on any atom is 0.322 e. The molecule has 22 heavy (non-hydrogen) atoms. The maximum atomic E-state index is 13.4. The van der Waals surface area contributed by atoms with E-state index in [9.17, 15) is 9.18 Å². The van der Waals surface area contributed by atoms with Gasteiger partial charge in [0.1, 0.15) is 0 Å². The molecule has 0 radical (unpaired) electrons. The predicted molar refractivity (Wildman–Crippen MR) is 73.0 cm³/mol. The minimum atomic E-state index is -0.520. The summed E-state index contributed by atoms with van der Waals surface area (Å²) in [4.78, 5) is 19.5. The fraction of sp³-hybridized carbons (Fsp3) is 0. The van der Waals surface area contributed by atoms with Gasteiger partial charge in [-0.05, 0) is 12.1 Å². The molecule has 1 amide bonds. The second-order valence-corrected chi connectivity index (χ2v) is 4.12. The third-order valence-corrected chi connectivity index (χ3v) is 2.59. The average Bonchev–Trinajstić information content (AvgIpc) is 3.06. The summed E-state index contributed by atoms with van der Waals surface area (Å²) in [7, 11) is 0. The summed E-state index contributed by atoms with van der Waals surface area (Å²) in [5.41, 5.74) is 0.335. The molecular formula is C14H9FN4O3. The normalized spacial score (nSPS) is 10.2. The lowest BCUT2D eigenvalue weighted by Crippen LogP contribution is -2.11. The van der Waals surface area contributed by atoms with Crippen LogP contribution in [0.4, 0.5) is 10.1 Å². The summed E-state index contributed by atoms with van der Waals surface area (Å²) in [6, 6.07) is 7.28. The molecule has 0 aliphatic carbocycles. The molecule has 1 aromatic carbocycles. The first-order chi connectivity index (χ1) is 10.7. The van der Waals surface area contributed by atoms with Gasteiger partial charge in [-0.2, -0.15) is 0 Å². The highest BCUT2D eigenvalue weighted by molar-refractivity contribution is 6.01. The Balaban J connectivity index is 1.68. The van der Waals surface area contributed by atoms with Gasteiger partial charge in [-0.1, -0.05) is 17.3 Å². The first kappa shape index (κ1) is 13.7. The van der Waals surface area contributed by atoms with E-state index in [1.165, 1.54) is 36.8 Å². The van der Waals surface area contributed by atoms with Gasteiger partial charge >= 0.3 is 6.01 Å². The molecular weight excluding hydrogens is 291 g/mol. The molecule has 2 heterocycles. The van der Waals surface area contributed by atoms with Crippen LogP contribution in [-0.4, -0.2) is 21.0 Å². The van der Waals surface area contributed by atoms with E-state index in [4.69, 9.17) is 9.26 Å². The third kappa shape index (κ3) is 3.06. The van der Waals surface area contributed by atoms with E-state index in [1.54, 1.807) is 12.1 Å². The second kappa shape index (κ2) is 6.00. The highest BCUT2D eigenvalue weighted by Gasteiger charge is 2.11. The van der Waals surface area contributed by atoms with Crippen molar-refractivity contribution in [3.8, 4) is 11.8 Å². The molecule has 0 spiro atoms. The monoisotopic (exact) mass is 300 g/mol. The molecule has 3 rings (SSSR count). The van der Waals surface area contributed by atoms with E-state index in [2.05, 4.69) is 20.4 Å². The van der Waals surface area contributed by atoms with Crippen LogP contribution in [0.25, 0.3) is 0 Å². The number of rotatable bonds is 4. The van der Waals surface area contributed by atoms with Crippen LogP contribution in [0.2, 0.25) is 0 Å². The number of nitrogens with zero attached hydrogens (tertiary/aromatic N) is 3. The molecule has 0 fully saturated rings. The van der Waals surface area contributed by atoms with Crippen LogP contribution in [0, 0.1) is 5.82 Å². The van der Waals surface area contributed by atoms with Gasteiger partial charge in [0.2, 0.25) is 5.76 Å². The number of carbonyl (C=O) groups is 1. The molecule has 0 atom stereocenters. The van der Waals surface area contributed by atoms with Gasteiger partial charge in [0.05, 0.1) is 24.3 Å². The van der Waals surface area contributed by atoms with E-state index in [-0.39, 0.29) is 17.5 Å². The van der Waals surface area contributed by atoms with Crippen molar-refractivity contribution in [1.29, 1.82) is 0 Å². The number of hydrogen-bond donors (Lipinski definition) is 1. The quantitative estimate of drug-likeness (QED) is 0.796. The van der Waals surface area contributed by atoms with Crippen molar-refractivity contribution in [3.63, 3.8) is 0 Å². The summed E-state index contributed by atoms with van der Waals surface area (Å²) in [5, 5.41) is 5.95. The number of hydrogen-bond acceptors (Lipinski definition) is 6. The van der Waals surface area contributed by atoms with Crippen LogP contribution in [-0.2, 0) is 0 Å². The number of benzene rings is 1. The van der Waals surface area contributed by atoms with Gasteiger partial charge in [0.15, 0.2) is 11.6 Å². The van der Waals surface area contributed by atoms with Crippen LogP contribution in [0.1, 0.15) is 10.6 Å². The smallest absolute Gasteiger partial charge is 0.322 e. The number of aromatic nitrogens is 3. The Kier molecular flexibility index (Phi) is 3.73. The lowest BCUT2D eigenvalue weighted by molar-refractivity contribution is 0.0988. The topological polar surface area (TPSA) is 90.1 Å². The molecule has 0 saturated carbocycles. The van der Waals surface area contributed by atoms with Crippen LogP contribution < -0.4 is 10.1 Å². The van der Waals surface area contributed by atoms with E-state index in [0.717, 1.165) is 0 Å². The Bertz CT molecular complexity index is 775. The number of amides is 1. The van der Waals surface area contributed by atoms with Gasteiger partial charge in [0.25, 0.3) is 5.91 Å². The maximum absolute atomic E-state index is 13.4. The predicted octanol–water partition coefficient (Wildman–Crippen LogP) is 2.65. The number of para-hydroxylation sites is 1. The van der Waals surface area contributed by atoms with Gasteiger partial charge in [0, 0.05) is 6.07 Å². The van der Waals surface area contributed by atoms with Crippen LogP contribution >= 0.6 is 0 Å². The second-order valence-electron chi connectivity index (χ2n) is 4.12. The highest BCUT2D eigenvalue weighted by Crippen LogP contribution is 2.21. The zero-order valence-electron chi connectivity index (χ0n) is 11.1. The number of nitrogens with one attached hydrogen (secondary N) is 1.